The summed E-state index contributed by atoms with van der Waals surface area (Å²) in [5, 5.41) is 0. The van der Waals surface area contributed by atoms with Crippen molar-refractivity contribution >= 4 is 0 Å². The summed E-state index contributed by atoms with van der Waals surface area (Å²) in [6.07, 6.45) is 15.8. The van der Waals surface area contributed by atoms with Gasteiger partial charge in [0.25, 0.3) is 0 Å². The Bertz CT molecular complexity index is 266. The van der Waals surface area contributed by atoms with Crippen LogP contribution in [0.5, 0.6) is 0 Å². The first kappa shape index (κ1) is 8.80. The number of rotatable bonds is 2. The van der Waals surface area contributed by atoms with E-state index in [1.165, 1.54) is 37.7 Å². The van der Waals surface area contributed by atoms with E-state index in [0.29, 0.717) is 0 Å². The minimum Gasteiger partial charge on any atom is -0.0885 e. The third-order valence-corrected chi connectivity index (χ3v) is 3.04. The molecule has 0 heterocycles. The first-order chi connectivity index (χ1) is 6.34. The Hall–Kier alpha value is -0.780. The highest BCUT2D eigenvalue weighted by molar-refractivity contribution is 5.29. The van der Waals surface area contributed by atoms with E-state index in [2.05, 4.69) is 31.2 Å². The Kier molecular flexibility index (Phi) is 2.68. The predicted octanol–water partition coefficient (Wildman–Crippen LogP) is 4.01. The van der Waals surface area contributed by atoms with Crippen LogP contribution in [0.15, 0.2) is 35.5 Å². The largest absolute Gasteiger partial charge is 0.0885 e. The Morgan fingerprint density at radius 1 is 1.31 bits per heavy atom. The normalized spacial score (nSPS) is 27.3. The summed E-state index contributed by atoms with van der Waals surface area (Å²) in [5.74, 6) is 0.926. The van der Waals surface area contributed by atoms with E-state index in [1.807, 2.05) is 0 Å². The van der Waals surface area contributed by atoms with Crippen LogP contribution in [0.1, 0.15) is 39.0 Å². The second-order valence-electron chi connectivity index (χ2n) is 4.37. The highest BCUT2D eigenvalue weighted by Gasteiger charge is 2.13. The van der Waals surface area contributed by atoms with Crippen molar-refractivity contribution < 1.29 is 0 Å². The summed E-state index contributed by atoms with van der Waals surface area (Å²) in [7, 11) is 0. The van der Waals surface area contributed by atoms with Gasteiger partial charge >= 0.3 is 0 Å². The molecule has 0 saturated carbocycles. The molecule has 0 aliphatic heterocycles. The fraction of sp³-hybridized carbons (Fsp3) is 0.538. The van der Waals surface area contributed by atoms with E-state index in [-0.39, 0.29) is 0 Å². The third-order valence-electron chi connectivity index (χ3n) is 3.04. The summed E-state index contributed by atoms with van der Waals surface area (Å²) in [4.78, 5) is 0. The summed E-state index contributed by atoms with van der Waals surface area (Å²) >= 11 is 0. The van der Waals surface area contributed by atoms with Crippen molar-refractivity contribution in [2.24, 2.45) is 5.92 Å². The molecule has 2 rings (SSSR count). The lowest BCUT2D eigenvalue weighted by molar-refractivity contribution is 0.473. The minimum absolute atomic E-state index is 0.926. The maximum Gasteiger partial charge on any atom is -0.0105 e. The Morgan fingerprint density at radius 3 is 2.85 bits per heavy atom. The molecule has 2 aliphatic rings. The zero-order valence-corrected chi connectivity index (χ0v) is 8.42. The van der Waals surface area contributed by atoms with Gasteiger partial charge in [-0.3, -0.25) is 0 Å². The fourth-order valence-electron chi connectivity index (χ4n) is 2.29. The SMILES string of the molecule is CC1=CC=C(CC2CC=CCC2)C1. The lowest BCUT2D eigenvalue weighted by Gasteiger charge is -2.18. The van der Waals surface area contributed by atoms with Crippen molar-refractivity contribution in [2.75, 3.05) is 0 Å². The first-order valence-corrected chi connectivity index (χ1v) is 5.35. The molecule has 0 bridgehead atoms. The molecule has 0 N–H and O–H groups in total. The van der Waals surface area contributed by atoms with Gasteiger partial charge < -0.3 is 0 Å². The molecule has 0 nitrogen and oxygen atoms in total. The van der Waals surface area contributed by atoms with Gasteiger partial charge in [0, 0.05) is 0 Å². The molecule has 0 saturated heterocycles. The molecule has 0 aromatic rings. The molecule has 0 fully saturated rings. The van der Waals surface area contributed by atoms with E-state index in [0.717, 1.165) is 5.92 Å². The molecule has 0 aromatic carbocycles. The van der Waals surface area contributed by atoms with Gasteiger partial charge in [-0.1, -0.05) is 35.5 Å². The zero-order chi connectivity index (χ0) is 9.10. The van der Waals surface area contributed by atoms with E-state index in [9.17, 15) is 0 Å². The summed E-state index contributed by atoms with van der Waals surface area (Å²) in [6, 6.07) is 0. The monoisotopic (exact) mass is 174 g/mol. The highest BCUT2D eigenvalue weighted by Crippen LogP contribution is 2.30. The third kappa shape index (κ3) is 2.33. The standard InChI is InChI=1S/C13H18/c1-11-7-8-13(9-11)10-12-5-3-2-4-6-12/h2-3,7-8,12H,4-6,9-10H2,1H3. The van der Waals surface area contributed by atoms with Crippen molar-refractivity contribution in [3.05, 3.63) is 35.5 Å². The van der Waals surface area contributed by atoms with Gasteiger partial charge in [-0.2, -0.15) is 0 Å². The van der Waals surface area contributed by atoms with Crippen LogP contribution in [0.4, 0.5) is 0 Å². The second-order valence-corrected chi connectivity index (χ2v) is 4.37. The van der Waals surface area contributed by atoms with Crippen molar-refractivity contribution in [2.45, 2.75) is 39.0 Å². The first-order valence-electron chi connectivity index (χ1n) is 5.35. The van der Waals surface area contributed by atoms with E-state index in [4.69, 9.17) is 0 Å². The van der Waals surface area contributed by atoms with Gasteiger partial charge in [0.05, 0.1) is 0 Å². The van der Waals surface area contributed by atoms with Crippen LogP contribution in [0.2, 0.25) is 0 Å². The smallest absolute Gasteiger partial charge is 0.0105 e. The molecule has 0 radical (unpaired) electrons. The van der Waals surface area contributed by atoms with Crippen molar-refractivity contribution in [3.8, 4) is 0 Å². The van der Waals surface area contributed by atoms with Crippen LogP contribution in [0, 0.1) is 5.92 Å². The topological polar surface area (TPSA) is 0 Å². The number of hydrogen-bond acceptors (Lipinski definition) is 0. The Balaban J connectivity index is 1.82. The molecule has 0 spiro atoms. The van der Waals surface area contributed by atoms with Crippen LogP contribution < -0.4 is 0 Å². The van der Waals surface area contributed by atoms with Crippen LogP contribution in [-0.2, 0) is 0 Å². The Labute approximate surface area is 81.0 Å². The van der Waals surface area contributed by atoms with Crippen LogP contribution in [0.25, 0.3) is 0 Å². The molecule has 13 heavy (non-hydrogen) atoms. The maximum absolute atomic E-state index is 2.35. The van der Waals surface area contributed by atoms with Crippen molar-refractivity contribution in [3.63, 3.8) is 0 Å². The van der Waals surface area contributed by atoms with Crippen LogP contribution in [-0.4, -0.2) is 0 Å². The zero-order valence-electron chi connectivity index (χ0n) is 8.42. The highest BCUT2D eigenvalue weighted by atomic mass is 14.2. The minimum atomic E-state index is 0.926. The lowest BCUT2D eigenvalue weighted by Crippen LogP contribution is -2.03. The molecule has 2 aliphatic carbocycles. The van der Waals surface area contributed by atoms with Gasteiger partial charge in [-0.25, -0.2) is 0 Å². The Morgan fingerprint density at radius 2 is 2.23 bits per heavy atom. The van der Waals surface area contributed by atoms with E-state index in [1.54, 1.807) is 5.57 Å². The van der Waals surface area contributed by atoms with Gasteiger partial charge in [0.2, 0.25) is 0 Å². The maximum atomic E-state index is 2.35. The molecule has 0 amide bonds. The summed E-state index contributed by atoms with van der Waals surface area (Å²) < 4.78 is 0. The predicted molar refractivity (Wildman–Crippen MR) is 57.6 cm³/mol. The van der Waals surface area contributed by atoms with E-state index >= 15 is 0 Å². The molecule has 1 atom stereocenters. The summed E-state index contributed by atoms with van der Waals surface area (Å²) in [5.41, 5.74) is 3.18. The average molecular weight is 174 g/mol. The quantitative estimate of drug-likeness (QED) is 0.555. The fourth-order valence-corrected chi connectivity index (χ4v) is 2.29. The van der Waals surface area contributed by atoms with Gasteiger partial charge in [-0.05, 0) is 44.9 Å². The second kappa shape index (κ2) is 3.95. The lowest BCUT2D eigenvalue weighted by atomic mass is 9.88. The molecule has 70 valence electrons. The van der Waals surface area contributed by atoms with Crippen molar-refractivity contribution in [1.82, 2.24) is 0 Å². The molecule has 0 aromatic heterocycles. The molecule has 0 heteroatoms. The molecule has 1 unspecified atom stereocenters. The van der Waals surface area contributed by atoms with Gasteiger partial charge in [0.15, 0.2) is 0 Å². The van der Waals surface area contributed by atoms with Gasteiger partial charge in [-0.15, -0.1) is 0 Å². The average Bonchev–Trinajstić information content (AvgIpc) is 2.53. The van der Waals surface area contributed by atoms with E-state index < -0.39 is 0 Å². The van der Waals surface area contributed by atoms with Crippen LogP contribution >= 0.6 is 0 Å². The summed E-state index contributed by atoms with van der Waals surface area (Å²) in [6.45, 7) is 2.23. The van der Waals surface area contributed by atoms with Crippen molar-refractivity contribution in [1.29, 1.82) is 0 Å². The number of allylic oxidation sites excluding steroid dienone is 6. The van der Waals surface area contributed by atoms with Crippen LogP contribution in [0.3, 0.4) is 0 Å². The molecular formula is C13H18. The van der Waals surface area contributed by atoms with Gasteiger partial charge in [0.1, 0.15) is 0 Å². The number of hydrogen-bond donors (Lipinski definition) is 0. The molecular weight excluding hydrogens is 156 g/mol.